The second-order valence-electron chi connectivity index (χ2n) is 10.7. The lowest BCUT2D eigenvalue weighted by atomic mass is 10.1. The van der Waals surface area contributed by atoms with Crippen molar-refractivity contribution in [1.82, 2.24) is 43.6 Å². The SMILES string of the molecule is Cn1cnc(Cn2c(=O)nc(Nc3cc4cn(CC(=O)N5CCCCC5)nc4cc3Cl)n(Cc3cc(F)c(F)c(Cl)c3)c2=O)n1. The van der Waals surface area contributed by atoms with Gasteiger partial charge >= 0.3 is 11.4 Å². The number of anilines is 2. The number of piperidine rings is 1. The molecule has 1 fully saturated rings. The Hall–Kier alpha value is -4.63. The van der Waals surface area contributed by atoms with Gasteiger partial charge in [-0.15, -0.1) is 0 Å². The number of aromatic nitrogens is 8. The van der Waals surface area contributed by atoms with Crippen LogP contribution in [0.2, 0.25) is 10.0 Å². The molecule has 0 atom stereocenters. The number of hydrogen-bond acceptors (Lipinski definition) is 8. The smallest absolute Gasteiger partial charge is 0.341 e. The average Bonchev–Trinajstić information content (AvgIpc) is 3.60. The van der Waals surface area contributed by atoms with Gasteiger partial charge in [0.1, 0.15) is 12.9 Å². The van der Waals surface area contributed by atoms with Crippen LogP contribution in [0.3, 0.4) is 0 Å². The van der Waals surface area contributed by atoms with E-state index >= 15 is 0 Å². The van der Waals surface area contributed by atoms with E-state index in [4.69, 9.17) is 23.2 Å². The van der Waals surface area contributed by atoms with Gasteiger partial charge in [-0.25, -0.2) is 27.9 Å². The van der Waals surface area contributed by atoms with Crippen LogP contribution in [0, 0.1) is 11.6 Å². The first-order chi connectivity index (χ1) is 21.5. The summed E-state index contributed by atoms with van der Waals surface area (Å²) in [4.78, 5) is 49.5. The summed E-state index contributed by atoms with van der Waals surface area (Å²) >= 11 is 12.4. The van der Waals surface area contributed by atoms with Gasteiger partial charge in [0, 0.05) is 31.7 Å². The number of carbonyl (C=O) groups excluding carboxylic acids is 1. The molecule has 1 aliphatic heterocycles. The van der Waals surface area contributed by atoms with E-state index in [-0.39, 0.29) is 53.6 Å². The van der Waals surface area contributed by atoms with E-state index < -0.39 is 28.0 Å². The molecule has 1 aliphatic rings. The van der Waals surface area contributed by atoms with Crippen LogP contribution in [-0.2, 0) is 31.5 Å². The van der Waals surface area contributed by atoms with Crippen LogP contribution in [0.1, 0.15) is 30.7 Å². The molecule has 13 nitrogen and oxygen atoms in total. The molecule has 0 unspecified atom stereocenters. The van der Waals surface area contributed by atoms with Gasteiger partial charge in [0.05, 0.1) is 34.3 Å². The molecule has 0 spiro atoms. The Morgan fingerprint density at radius 2 is 1.76 bits per heavy atom. The molecule has 6 rings (SSSR count). The minimum atomic E-state index is -1.23. The monoisotopic (exact) mass is 658 g/mol. The number of likely N-dealkylation sites (tertiary alicyclic amines) is 1. The molecular weight excluding hydrogens is 633 g/mol. The van der Waals surface area contributed by atoms with Crippen molar-refractivity contribution in [3.05, 3.63) is 90.8 Å². The van der Waals surface area contributed by atoms with Crippen LogP contribution in [0.5, 0.6) is 0 Å². The highest BCUT2D eigenvalue weighted by Crippen LogP contribution is 2.30. The predicted molar refractivity (Wildman–Crippen MR) is 162 cm³/mol. The molecule has 4 heterocycles. The van der Waals surface area contributed by atoms with Crippen LogP contribution in [-0.4, -0.2) is 62.6 Å². The Morgan fingerprint density at radius 1 is 0.978 bits per heavy atom. The molecule has 234 valence electrons. The summed E-state index contributed by atoms with van der Waals surface area (Å²) in [5, 5.41) is 11.9. The number of nitrogens with zero attached hydrogens (tertiary/aromatic N) is 9. The van der Waals surface area contributed by atoms with Crippen molar-refractivity contribution < 1.29 is 13.6 Å². The third-order valence-corrected chi connectivity index (χ3v) is 7.96. The highest BCUT2D eigenvalue weighted by Gasteiger charge is 2.20. The van der Waals surface area contributed by atoms with E-state index in [9.17, 15) is 23.2 Å². The molecule has 45 heavy (non-hydrogen) atoms. The highest BCUT2D eigenvalue weighted by atomic mass is 35.5. The summed E-state index contributed by atoms with van der Waals surface area (Å²) in [5.74, 6) is -2.49. The molecular formula is C28H26Cl2F2N10O3. The number of carbonyl (C=O) groups is 1. The fourth-order valence-corrected chi connectivity index (χ4v) is 5.59. The number of halogens is 4. The van der Waals surface area contributed by atoms with Crippen LogP contribution < -0.4 is 16.7 Å². The molecule has 3 aromatic heterocycles. The summed E-state index contributed by atoms with van der Waals surface area (Å²) < 4.78 is 32.9. The van der Waals surface area contributed by atoms with E-state index in [1.807, 2.05) is 4.90 Å². The quantitative estimate of drug-likeness (QED) is 0.251. The van der Waals surface area contributed by atoms with E-state index in [1.54, 1.807) is 25.4 Å². The Balaban J connectivity index is 1.36. The van der Waals surface area contributed by atoms with Crippen molar-refractivity contribution in [3.8, 4) is 0 Å². The van der Waals surface area contributed by atoms with Crippen molar-refractivity contribution in [2.24, 2.45) is 7.05 Å². The van der Waals surface area contributed by atoms with Crippen LogP contribution >= 0.6 is 23.2 Å². The number of amides is 1. The van der Waals surface area contributed by atoms with Gasteiger partial charge in [-0.3, -0.25) is 18.7 Å². The molecule has 1 N–H and O–H groups in total. The van der Waals surface area contributed by atoms with Gasteiger partial charge in [0.2, 0.25) is 11.9 Å². The Morgan fingerprint density at radius 3 is 2.47 bits per heavy atom. The first-order valence-electron chi connectivity index (χ1n) is 14.0. The molecule has 1 saturated heterocycles. The van der Waals surface area contributed by atoms with Crippen LogP contribution in [0.15, 0.2) is 46.4 Å². The Bertz CT molecular complexity index is 2030. The zero-order chi connectivity index (χ0) is 31.8. The Kier molecular flexibility index (Phi) is 8.38. The van der Waals surface area contributed by atoms with E-state index in [0.717, 1.165) is 47.6 Å². The van der Waals surface area contributed by atoms with Gasteiger partial charge in [-0.1, -0.05) is 23.2 Å². The maximum Gasteiger partial charge on any atom is 0.355 e. The van der Waals surface area contributed by atoms with E-state index in [1.165, 1.54) is 21.8 Å². The summed E-state index contributed by atoms with van der Waals surface area (Å²) in [7, 11) is 1.63. The third-order valence-electron chi connectivity index (χ3n) is 7.37. The standard InChI is InChI=1S/C28H26Cl2F2N10O3/c1-38-15-33-23(37-38)13-42-27(44)35-26(41(28(42)45)11-16-7-19(30)25(32)20(31)8-16)34-22-9-17-12-40(36-21(17)10-18(22)29)14-24(43)39-5-3-2-4-6-39/h7-10,12,15H,2-6,11,13-14H2,1H3,(H,34,35,44). The first-order valence-corrected chi connectivity index (χ1v) is 14.7. The zero-order valence-corrected chi connectivity index (χ0v) is 25.4. The number of nitrogens with one attached hydrogen (secondary N) is 1. The van der Waals surface area contributed by atoms with Gasteiger partial charge in [0.25, 0.3) is 0 Å². The van der Waals surface area contributed by atoms with Gasteiger partial charge < -0.3 is 10.2 Å². The number of fused-ring (bicyclic) bond motifs is 1. The normalized spacial score (nSPS) is 13.5. The number of rotatable bonds is 8. The second kappa shape index (κ2) is 12.4. The van der Waals surface area contributed by atoms with Crippen molar-refractivity contribution in [1.29, 1.82) is 0 Å². The topological polar surface area (TPSA) is 138 Å². The molecule has 0 aliphatic carbocycles. The molecule has 1 amide bonds. The maximum absolute atomic E-state index is 14.2. The zero-order valence-electron chi connectivity index (χ0n) is 23.9. The van der Waals surface area contributed by atoms with Crippen LogP contribution in [0.4, 0.5) is 20.4 Å². The summed E-state index contributed by atoms with van der Waals surface area (Å²) in [5.41, 5.74) is -0.799. The predicted octanol–water partition coefficient (Wildman–Crippen LogP) is 3.32. The second-order valence-corrected chi connectivity index (χ2v) is 11.5. The first kappa shape index (κ1) is 30.4. The lowest BCUT2D eigenvalue weighted by Crippen LogP contribution is -2.43. The number of benzene rings is 2. The molecule has 0 saturated carbocycles. The van der Waals surface area contributed by atoms with Crippen molar-refractivity contribution in [2.75, 3.05) is 18.4 Å². The fourth-order valence-electron chi connectivity index (χ4n) is 5.16. The van der Waals surface area contributed by atoms with Crippen LogP contribution in [0.25, 0.3) is 10.9 Å². The van der Waals surface area contributed by atoms with Gasteiger partial charge in [0.15, 0.2) is 17.5 Å². The minimum Gasteiger partial charge on any atom is -0.341 e. The molecule has 2 aromatic carbocycles. The largest absolute Gasteiger partial charge is 0.355 e. The minimum absolute atomic E-state index is 0.0287. The molecule has 0 radical (unpaired) electrons. The molecule has 5 aromatic rings. The van der Waals surface area contributed by atoms with Crippen molar-refractivity contribution in [2.45, 2.75) is 38.9 Å². The number of hydrogen-bond donors (Lipinski definition) is 1. The summed E-state index contributed by atoms with van der Waals surface area (Å²) in [6.45, 7) is 0.893. The lowest BCUT2D eigenvalue weighted by molar-refractivity contribution is -0.132. The van der Waals surface area contributed by atoms with Gasteiger partial charge in [-0.2, -0.15) is 15.2 Å². The fraction of sp³-hybridized carbons (Fsp3) is 0.321. The summed E-state index contributed by atoms with van der Waals surface area (Å²) in [6, 6.07) is 5.28. The molecule has 17 heteroatoms. The van der Waals surface area contributed by atoms with Crippen molar-refractivity contribution in [3.63, 3.8) is 0 Å². The van der Waals surface area contributed by atoms with Gasteiger partial charge in [-0.05, 0) is 49.1 Å². The third kappa shape index (κ3) is 6.44. The van der Waals surface area contributed by atoms with E-state index in [2.05, 4.69) is 25.5 Å². The Labute approximate surface area is 263 Å². The highest BCUT2D eigenvalue weighted by molar-refractivity contribution is 6.34. The average molecular weight is 659 g/mol. The summed E-state index contributed by atoms with van der Waals surface area (Å²) in [6.07, 6.45) is 6.17. The lowest BCUT2D eigenvalue weighted by Gasteiger charge is -2.26. The van der Waals surface area contributed by atoms with Crippen molar-refractivity contribution >= 4 is 51.6 Å². The molecule has 0 bridgehead atoms. The maximum atomic E-state index is 14.2. The number of aryl methyl sites for hydroxylation is 1. The van der Waals surface area contributed by atoms with E-state index in [0.29, 0.717) is 10.9 Å².